The summed E-state index contributed by atoms with van der Waals surface area (Å²) < 4.78 is 5.56. The highest BCUT2D eigenvalue weighted by Crippen LogP contribution is 2.40. The number of unbranched alkanes of at least 4 members (excludes halogenated alkanes) is 1. The highest BCUT2D eigenvalue weighted by atomic mass is 32.2. The monoisotopic (exact) mass is 444 g/mol. The maximum Gasteiger partial charge on any atom is 0.338 e. The van der Waals surface area contributed by atoms with Crippen LogP contribution in [0.15, 0.2) is 40.5 Å². The number of fused-ring (bicyclic) bond motifs is 1. The molecule has 1 unspecified atom stereocenters. The summed E-state index contributed by atoms with van der Waals surface area (Å²) in [4.78, 5) is 32.1. The van der Waals surface area contributed by atoms with Crippen LogP contribution in [0.1, 0.15) is 58.6 Å². The van der Waals surface area contributed by atoms with Gasteiger partial charge >= 0.3 is 12.0 Å². The van der Waals surface area contributed by atoms with Crippen LogP contribution in [0.3, 0.4) is 0 Å². The molecule has 1 fully saturated rings. The van der Waals surface area contributed by atoms with Crippen LogP contribution in [0.5, 0.6) is 0 Å². The van der Waals surface area contributed by atoms with Crippen molar-refractivity contribution in [3.05, 3.63) is 41.1 Å². The van der Waals surface area contributed by atoms with Gasteiger partial charge in [-0.2, -0.15) is 0 Å². The van der Waals surface area contributed by atoms with Crippen molar-refractivity contribution < 1.29 is 14.3 Å². The second-order valence-corrected chi connectivity index (χ2v) is 9.07. The van der Waals surface area contributed by atoms with Crippen LogP contribution in [0, 0.1) is 0 Å². The lowest BCUT2D eigenvalue weighted by molar-refractivity contribution is -0.143. The summed E-state index contributed by atoms with van der Waals surface area (Å²) in [6, 6.07) is 7.16. The number of urea groups is 1. The van der Waals surface area contributed by atoms with Gasteiger partial charge in [0.1, 0.15) is 0 Å². The minimum Gasteiger partial charge on any atom is -0.459 e. The molecule has 0 radical (unpaired) electrons. The van der Waals surface area contributed by atoms with Crippen molar-refractivity contribution in [1.29, 1.82) is 0 Å². The molecule has 2 heterocycles. The number of amidine groups is 1. The first kappa shape index (κ1) is 23.2. The number of carbonyl (C=O) groups excluding carboxylic acids is 2. The molecule has 1 saturated heterocycles. The molecule has 2 aliphatic heterocycles. The van der Waals surface area contributed by atoms with Gasteiger partial charge in [0.05, 0.1) is 23.4 Å². The number of rotatable bonds is 7. The molecule has 1 aromatic rings. The molecule has 2 amide bonds. The number of hydrogen-bond donors (Lipinski definition) is 2. The summed E-state index contributed by atoms with van der Waals surface area (Å²) in [7, 11) is 0. The standard InChI is InChI=1S/C23H32N4O3S/c1-5-6-11-24-22(29)26-18-10-7-9-17(14-18)20-19(21(28)30-15(2)3)16(4)25-23-27(20)12-8-13-31-23/h7,9-10,14-15,20H,5-6,8,11-13H2,1-4H3,(H2,24,26,29). The van der Waals surface area contributed by atoms with E-state index in [9.17, 15) is 9.59 Å². The third kappa shape index (κ3) is 5.81. The molecule has 0 aromatic heterocycles. The van der Waals surface area contributed by atoms with Gasteiger partial charge in [-0.1, -0.05) is 37.2 Å². The van der Waals surface area contributed by atoms with Crippen molar-refractivity contribution in [2.24, 2.45) is 4.99 Å². The molecule has 3 rings (SSSR count). The third-order valence-electron chi connectivity index (χ3n) is 5.10. The van der Waals surface area contributed by atoms with E-state index in [4.69, 9.17) is 9.73 Å². The van der Waals surface area contributed by atoms with Crippen molar-refractivity contribution in [3.8, 4) is 0 Å². The van der Waals surface area contributed by atoms with Gasteiger partial charge in [-0.25, -0.2) is 14.6 Å². The van der Waals surface area contributed by atoms with Gasteiger partial charge in [-0.05, 0) is 51.3 Å². The first-order valence-electron chi connectivity index (χ1n) is 11.0. The van der Waals surface area contributed by atoms with E-state index in [1.54, 1.807) is 11.8 Å². The summed E-state index contributed by atoms with van der Waals surface area (Å²) >= 11 is 1.71. The van der Waals surface area contributed by atoms with Crippen LogP contribution in [0.25, 0.3) is 0 Å². The van der Waals surface area contributed by atoms with Crippen molar-refractivity contribution >= 4 is 34.6 Å². The van der Waals surface area contributed by atoms with Gasteiger partial charge in [0, 0.05) is 24.5 Å². The number of ether oxygens (including phenoxy) is 1. The van der Waals surface area contributed by atoms with Gasteiger partial charge in [-0.3, -0.25) is 0 Å². The molecule has 31 heavy (non-hydrogen) atoms. The Morgan fingerprint density at radius 2 is 2.16 bits per heavy atom. The fraction of sp³-hybridized carbons (Fsp3) is 0.522. The minimum absolute atomic E-state index is 0.214. The molecule has 168 valence electrons. The first-order chi connectivity index (χ1) is 14.9. The SMILES string of the molecule is CCCCNC(=O)Nc1cccc(C2C(C(=O)OC(C)C)=C(C)N=C3SCCCN32)c1. The minimum atomic E-state index is -0.341. The van der Waals surface area contributed by atoms with E-state index in [1.165, 1.54) is 0 Å². The molecule has 2 aliphatic rings. The number of nitrogens with zero attached hydrogens (tertiary/aromatic N) is 2. The molecule has 7 nitrogen and oxygen atoms in total. The molecule has 1 aromatic carbocycles. The van der Waals surface area contributed by atoms with Crippen LogP contribution in [0.2, 0.25) is 0 Å². The zero-order valence-corrected chi connectivity index (χ0v) is 19.6. The van der Waals surface area contributed by atoms with Crippen LogP contribution >= 0.6 is 11.8 Å². The second kappa shape index (κ2) is 10.7. The predicted molar refractivity (Wildman–Crippen MR) is 126 cm³/mol. The van der Waals surface area contributed by atoms with E-state index in [0.717, 1.165) is 42.3 Å². The summed E-state index contributed by atoms with van der Waals surface area (Å²) in [5, 5.41) is 6.70. The predicted octanol–water partition coefficient (Wildman–Crippen LogP) is 4.68. The van der Waals surface area contributed by atoms with Gasteiger partial charge in [-0.15, -0.1) is 0 Å². The number of aliphatic imine (C=N–C) groups is 1. The molecule has 0 aliphatic carbocycles. The van der Waals surface area contributed by atoms with Crippen LogP contribution in [-0.2, 0) is 9.53 Å². The molecule has 8 heteroatoms. The highest BCUT2D eigenvalue weighted by Gasteiger charge is 2.38. The molecule has 2 N–H and O–H groups in total. The van der Waals surface area contributed by atoms with Crippen LogP contribution in [-0.4, -0.2) is 47.0 Å². The Bertz CT molecular complexity index is 881. The number of anilines is 1. The van der Waals surface area contributed by atoms with E-state index in [1.807, 2.05) is 45.0 Å². The lowest BCUT2D eigenvalue weighted by Crippen LogP contribution is -2.42. The van der Waals surface area contributed by atoms with Crippen LogP contribution < -0.4 is 10.6 Å². The van der Waals surface area contributed by atoms with E-state index in [0.29, 0.717) is 23.5 Å². The molecule has 0 bridgehead atoms. The van der Waals surface area contributed by atoms with Crippen molar-refractivity contribution in [2.45, 2.75) is 59.1 Å². The topological polar surface area (TPSA) is 83.0 Å². The molecular formula is C23H32N4O3S. The average molecular weight is 445 g/mol. The summed E-state index contributed by atoms with van der Waals surface area (Å²) in [6.45, 7) is 9.10. The maximum absolute atomic E-state index is 13.0. The largest absolute Gasteiger partial charge is 0.459 e. The van der Waals surface area contributed by atoms with E-state index in [2.05, 4.69) is 22.5 Å². The summed E-state index contributed by atoms with van der Waals surface area (Å²) in [5.74, 6) is 0.673. The van der Waals surface area contributed by atoms with Gasteiger partial charge in [0.2, 0.25) is 0 Å². The number of amides is 2. The quantitative estimate of drug-likeness (QED) is 0.471. The van der Waals surface area contributed by atoms with Gasteiger partial charge < -0.3 is 20.3 Å². The molecule has 1 atom stereocenters. The number of allylic oxidation sites excluding steroid dienone is 1. The number of carbonyl (C=O) groups is 2. The molecular weight excluding hydrogens is 412 g/mol. The Kier molecular flexibility index (Phi) is 8.01. The third-order valence-corrected chi connectivity index (χ3v) is 6.17. The molecule has 0 spiro atoms. The number of esters is 1. The number of benzene rings is 1. The smallest absolute Gasteiger partial charge is 0.338 e. The molecule has 0 saturated carbocycles. The van der Waals surface area contributed by atoms with Crippen LogP contribution in [0.4, 0.5) is 10.5 Å². The Labute approximate surface area is 188 Å². The Morgan fingerprint density at radius 3 is 2.90 bits per heavy atom. The van der Waals surface area contributed by atoms with Crippen molar-refractivity contribution in [2.75, 3.05) is 24.2 Å². The first-order valence-corrected chi connectivity index (χ1v) is 11.9. The average Bonchev–Trinajstić information content (AvgIpc) is 2.72. The van der Waals surface area contributed by atoms with Crippen molar-refractivity contribution in [3.63, 3.8) is 0 Å². The van der Waals surface area contributed by atoms with E-state index < -0.39 is 0 Å². The zero-order chi connectivity index (χ0) is 22.4. The number of nitrogens with one attached hydrogen (secondary N) is 2. The fourth-order valence-electron chi connectivity index (χ4n) is 3.69. The summed E-state index contributed by atoms with van der Waals surface area (Å²) in [5.41, 5.74) is 2.86. The fourth-order valence-corrected chi connectivity index (χ4v) is 4.71. The van der Waals surface area contributed by atoms with Gasteiger partial charge in [0.25, 0.3) is 0 Å². The van der Waals surface area contributed by atoms with Crippen molar-refractivity contribution in [1.82, 2.24) is 10.2 Å². The normalized spacial score (nSPS) is 18.4. The maximum atomic E-state index is 13.0. The lowest BCUT2D eigenvalue weighted by Gasteiger charge is -2.40. The second-order valence-electron chi connectivity index (χ2n) is 8.01. The summed E-state index contributed by atoms with van der Waals surface area (Å²) in [6.07, 6.45) is 2.77. The Morgan fingerprint density at radius 1 is 1.35 bits per heavy atom. The Hall–Kier alpha value is -2.48. The highest BCUT2D eigenvalue weighted by molar-refractivity contribution is 8.13. The number of thioether (sulfide) groups is 1. The van der Waals surface area contributed by atoms with E-state index >= 15 is 0 Å². The van der Waals surface area contributed by atoms with Gasteiger partial charge in [0.15, 0.2) is 5.17 Å². The number of hydrogen-bond acceptors (Lipinski definition) is 6. The lowest BCUT2D eigenvalue weighted by atomic mass is 9.94. The Balaban J connectivity index is 1.91. The van der Waals surface area contributed by atoms with E-state index in [-0.39, 0.29) is 24.1 Å². The zero-order valence-electron chi connectivity index (χ0n) is 18.7.